The first-order valence-electron chi connectivity index (χ1n) is 7.03. The smallest absolute Gasteiger partial charge is 0.134 e. The fourth-order valence-electron chi connectivity index (χ4n) is 1.87. The van der Waals surface area contributed by atoms with E-state index in [-0.39, 0.29) is 0 Å². The van der Waals surface area contributed by atoms with E-state index in [2.05, 4.69) is 20.8 Å². The second-order valence-electron chi connectivity index (χ2n) is 4.42. The average molecular weight is 346 g/mol. The highest BCUT2D eigenvalue weighted by molar-refractivity contribution is 9.10. The van der Waals surface area contributed by atoms with Crippen LogP contribution < -0.4 is 0 Å². The van der Waals surface area contributed by atoms with E-state index in [1.165, 1.54) is 0 Å². The number of halogens is 1. The van der Waals surface area contributed by atoms with Crippen LogP contribution in [0, 0.1) is 0 Å². The summed E-state index contributed by atoms with van der Waals surface area (Å²) < 4.78 is 11.5. The maximum absolute atomic E-state index is 10.1. The van der Waals surface area contributed by atoms with E-state index in [1.807, 2.05) is 32.0 Å². The van der Waals surface area contributed by atoms with Crippen LogP contribution in [0.2, 0.25) is 0 Å². The van der Waals surface area contributed by atoms with Crippen molar-refractivity contribution in [1.82, 2.24) is 4.90 Å². The van der Waals surface area contributed by atoms with Gasteiger partial charge in [-0.1, -0.05) is 12.1 Å². The minimum Gasteiger partial charge on any atom is -0.506 e. The molecular weight excluding hydrogens is 322 g/mol. The third kappa shape index (κ3) is 6.22. The van der Waals surface area contributed by atoms with Crippen LogP contribution in [0.15, 0.2) is 22.7 Å². The number of aromatic hydroxyl groups is 1. The number of hydrogen-bond donors (Lipinski definition) is 1. The van der Waals surface area contributed by atoms with E-state index in [4.69, 9.17) is 9.47 Å². The van der Waals surface area contributed by atoms with E-state index in [9.17, 15) is 5.11 Å². The Morgan fingerprint density at radius 2 is 1.70 bits per heavy atom. The highest BCUT2D eigenvalue weighted by Gasteiger charge is 2.10. The third-order valence-electron chi connectivity index (χ3n) is 2.98. The minimum atomic E-state index is 0.310. The van der Waals surface area contributed by atoms with Gasteiger partial charge in [-0.05, 0) is 35.8 Å². The Bertz CT molecular complexity index is 377. The second-order valence-corrected chi connectivity index (χ2v) is 5.27. The fraction of sp³-hybridized carbons (Fsp3) is 0.600. The zero-order valence-corrected chi connectivity index (χ0v) is 13.9. The van der Waals surface area contributed by atoms with E-state index in [0.29, 0.717) is 25.5 Å². The van der Waals surface area contributed by atoms with Crippen molar-refractivity contribution in [2.45, 2.75) is 20.4 Å². The van der Waals surface area contributed by atoms with Crippen molar-refractivity contribution in [3.63, 3.8) is 0 Å². The Labute approximate surface area is 129 Å². The summed E-state index contributed by atoms with van der Waals surface area (Å²) in [5.41, 5.74) is 0.910. The van der Waals surface area contributed by atoms with Crippen molar-refractivity contribution in [1.29, 1.82) is 0 Å². The predicted molar refractivity (Wildman–Crippen MR) is 84.1 cm³/mol. The molecule has 0 atom stereocenters. The van der Waals surface area contributed by atoms with E-state index in [0.717, 1.165) is 36.3 Å². The molecule has 0 saturated heterocycles. The highest BCUT2D eigenvalue weighted by Crippen LogP contribution is 2.28. The number of rotatable bonds is 10. The van der Waals surface area contributed by atoms with E-state index in [1.54, 1.807) is 0 Å². The first kappa shape index (κ1) is 17.4. The van der Waals surface area contributed by atoms with Crippen molar-refractivity contribution >= 4 is 15.9 Å². The highest BCUT2D eigenvalue weighted by atomic mass is 79.9. The van der Waals surface area contributed by atoms with Gasteiger partial charge in [-0.25, -0.2) is 0 Å². The first-order chi connectivity index (χ1) is 9.69. The molecule has 0 radical (unpaired) electrons. The molecule has 0 fully saturated rings. The maximum Gasteiger partial charge on any atom is 0.134 e. The predicted octanol–water partition coefficient (Wildman–Crippen LogP) is 3.03. The molecule has 1 N–H and O–H groups in total. The molecule has 114 valence electrons. The number of benzene rings is 1. The summed E-state index contributed by atoms with van der Waals surface area (Å²) in [4.78, 5) is 2.23. The normalized spacial score (nSPS) is 11.2. The Balaban J connectivity index is 2.59. The summed E-state index contributed by atoms with van der Waals surface area (Å²) in [7, 11) is 0. The Morgan fingerprint density at radius 1 is 1.10 bits per heavy atom. The molecule has 0 spiro atoms. The van der Waals surface area contributed by atoms with Crippen LogP contribution >= 0.6 is 15.9 Å². The van der Waals surface area contributed by atoms with E-state index < -0.39 is 0 Å². The summed E-state index contributed by atoms with van der Waals surface area (Å²) in [5, 5.41) is 10.1. The van der Waals surface area contributed by atoms with Gasteiger partial charge >= 0.3 is 0 Å². The molecule has 4 nitrogen and oxygen atoms in total. The average Bonchev–Trinajstić information content (AvgIpc) is 2.44. The topological polar surface area (TPSA) is 41.9 Å². The molecule has 5 heteroatoms. The largest absolute Gasteiger partial charge is 0.506 e. The lowest BCUT2D eigenvalue weighted by Gasteiger charge is -2.22. The van der Waals surface area contributed by atoms with Crippen LogP contribution in [0.3, 0.4) is 0 Å². The molecule has 0 bridgehead atoms. The summed E-state index contributed by atoms with van der Waals surface area (Å²) >= 11 is 3.35. The van der Waals surface area contributed by atoms with Gasteiger partial charge in [0.15, 0.2) is 0 Å². The molecule has 0 aromatic heterocycles. The molecule has 20 heavy (non-hydrogen) atoms. The third-order valence-corrected chi connectivity index (χ3v) is 3.62. The van der Waals surface area contributed by atoms with Crippen LogP contribution in [0.4, 0.5) is 0 Å². The molecular formula is C15H24BrNO3. The van der Waals surface area contributed by atoms with Crippen LogP contribution in [0.25, 0.3) is 0 Å². The van der Waals surface area contributed by atoms with Crippen molar-refractivity contribution in [2.75, 3.05) is 39.5 Å². The number of nitrogens with zero attached hydrogens (tertiary/aromatic N) is 1. The van der Waals surface area contributed by atoms with Crippen LogP contribution in [-0.2, 0) is 16.0 Å². The molecule has 1 rings (SSSR count). The van der Waals surface area contributed by atoms with E-state index >= 15 is 0 Å². The minimum absolute atomic E-state index is 0.310. The molecule has 1 aromatic carbocycles. The summed E-state index contributed by atoms with van der Waals surface area (Å²) in [6.45, 7) is 9.15. The lowest BCUT2D eigenvalue weighted by atomic mass is 10.2. The van der Waals surface area contributed by atoms with Gasteiger partial charge in [-0.15, -0.1) is 0 Å². The number of hydrogen-bond acceptors (Lipinski definition) is 4. The van der Waals surface area contributed by atoms with Crippen molar-refractivity contribution in [3.8, 4) is 5.75 Å². The number of phenolic OH excluding ortho intramolecular Hbond substituents is 1. The number of ether oxygens (including phenoxy) is 2. The quantitative estimate of drug-likeness (QED) is 0.662. The fourth-order valence-corrected chi connectivity index (χ4v) is 2.28. The molecule has 0 unspecified atom stereocenters. The van der Waals surface area contributed by atoms with Gasteiger partial charge in [0.05, 0.1) is 17.7 Å². The van der Waals surface area contributed by atoms with Gasteiger partial charge in [0.25, 0.3) is 0 Å². The van der Waals surface area contributed by atoms with Crippen LogP contribution in [-0.4, -0.2) is 49.5 Å². The van der Waals surface area contributed by atoms with Crippen LogP contribution in [0.1, 0.15) is 19.4 Å². The Kier molecular flexibility index (Phi) is 8.85. The van der Waals surface area contributed by atoms with Gasteiger partial charge in [0, 0.05) is 38.4 Å². The Hall–Kier alpha value is -0.620. The van der Waals surface area contributed by atoms with Crippen LogP contribution in [0.5, 0.6) is 5.75 Å². The monoisotopic (exact) mass is 345 g/mol. The lowest BCUT2D eigenvalue weighted by Crippen LogP contribution is -2.30. The van der Waals surface area contributed by atoms with Gasteiger partial charge in [0.1, 0.15) is 5.75 Å². The SMILES string of the molecule is CCOCCN(CCOCC)Cc1cccc(Br)c1O. The zero-order chi connectivity index (χ0) is 14.8. The zero-order valence-electron chi connectivity index (χ0n) is 12.3. The molecule has 1 aromatic rings. The van der Waals surface area contributed by atoms with Crippen molar-refractivity contribution in [3.05, 3.63) is 28.2 Å². The standard InChI is InChI=1S/C15H24BrNO3/c1-3-19-10-8-17(9-11-20-4-2)12-13-6-5-7-14(16)15(13)18/h5-7,18H,3-4,8-12H2,1-2H3. The maximum atomic E-state index is 10.1. The van der Waals surface area contributed by atoms with Crippen molar-refractivity contribution in [2.24, 2.45) is 0 Å². The Morgan fingerprint density at radius 3 is 2.25 bits per heavy atom. The van der Waals surface area contributed by atoms with Gasteiger partial charge in [0.2, 0.25) is 0 Å². The van der Waals surface area contributed by atoms with Gasteiger partial charge in [-0.2, -0.15) is 0 Å². The summed E-state index contributed by atoms with van der Waals surface area (Å²) in [6, 6.07) is 5.71. The molecule has 0 aliphatic heterocycles. The molecule has 0 amide bonds. The molecule has 0 saturated carbocycles. The summed E-state index contributed by atoms with van der Waals surface area (Å²) in [5.74, 6) is 0.310. The number of phenols is 1. The van der Waals surface area contributed by atoms with Crippen molar-refractivity contribution < 1.29 is 14.6 Å². The first-order valence-corrected chi connectivity index (χ1v) is 7.82. The molecule has 0 aliphatic rings. The van der Waals surface area contributed by atoms with Gasteiger partial charge in [-0.3, -0.25) is 4.90 Å². The van der Waals surface area contributed by atoms with Gasteiger partial charge < -0.3 is 14.6 Å². The molecule has 0 aliphatic carbocycles. The lowest BCUT2D eigenvalue weighted by molar-refractivity contribution is 0.0794. The molecule has 0 heterocycles. The second kappa shape index (κ2) is 10.2. The number of para-hydroxylation sites is 1. The summed E-state index contributed by atoms with van der Waals surface area (Å²) in [6.07, 6.45) is 0.